The van der Waals surface area contributed by atoms with Gasteiger partial charge in [-0.05, 0) is 23.8 Å². The minimum absolute atomic E-state index is 0.120. The molecule has 4 nitrogen and oxygen atoms in total. The van der Waals surface area contributed by atoms with Gasteiger partial charge in [-0.25, -0.2) is 0 Å². The number of benzene rings is 1. The second kappa shape index (κ2) is 8.54. The Bertz CT molecular complexity index is 704. The first-order valence-corrected chi connectivity index (χ1v) is 8.86. The van der Waals surface area contributed by atoms with Gasteiger partial charge in [0.05, 0.1) is 13.2 Å². The molecule has 1 aromatic carbocycles. The van der Waals surface area contributed by atoms with Crippen molar-refractivity contribution >= 4 is 17.5 Å². The van der Waals surface area contributed by atoms with Crippen LogP contribution in [-0.2, 0) is 22.6 Å². The Balaban J connectivity index is 2.19. The summed E-state index contributed by atoms with van der Waals surface area (Å²) in [6.45, 7) is 8.16. The number of hydrogen-bond acceptors (Lipinski definition) is 2. The number of amides is 1. The number of aromatic nitrogens is 1. The topological polar surface area (TPSA) is 34.5 Å². The van der Waals surface area contributed by atoms with E-state index in [0.717, 1.165) is 16.3 Å². The molecule has 0 saturated heterocycles. The predicted octanol–water partition coefficient (Wildman–Crippen LogP) is 4.21. The second-order valence-corrected chi connectivity index (χ2v) is 7.60. The lowest BCUT2D eigenvalue weighted by molar-refractivity contribution is -0.140. The molecule has 1 aromatic heterocycles. The lowest BCUT2D eigenvalue weighted by Gasteiger charge is -2.29. The lowest BCUT2D eigenvalue weighted by atomic mass is 9.94. The first-order valence-electron chi connectivity index (χ1n) is 8.48. The summed E-state index contributed by atoms with van der Waals surface area (Å²) in [5.74, 6) is 0.120. The largest absolute Gasteiger partial charge is 0.383 e. The zero-order chi connectivity index (χ0) is 18.4. The van der Waals surface area contributed by atoms with Gasteiger partial charge < -0.3 is 14.2 Å². The Hall–Kier alpha value is -1.78. The van der Waals surface area contributed by atoms with Gasteiger partial charge in [-0.15, -0.1) is 0 Å². The highest BCUT2D eigenvalue weighted by Gasteiger charge is 2.27. The van der Waals surface area contributed by atoms with Crippen molar-refractivity contribution < 1.29 is 9.53 Å². The molecule has 0 fully saturated rings. The van der Waals surface area contributed by atoms with Crippen molar-refractivity contribution in [2.45, 2.75) is 33.9 Å². The minimum atomic E-state index is -0.423. The fraction of sp³-hybridized carbons (Fsp3) is 0.450. The van der Waals surface area contributed by atoms with Crippen molar-refractivity contribution in [2.24, 2.45) is 5.41 Å². The first-order chi connectivity index (χ1) is 11.8. The van der Waals surface area contributed by atoms with E-state index in [4.69, 9.17) is 16.3 Å². The van der Waals surface area contributed by atoms with Crippen molar-refractivity contribution in [3.63, 3.8) is 0 Å². The molecular weight excluding hydrogens is 336 g/mol. The SMILES string of the molecule is COCCN(Cc1cccn1Cc1ccccc1Cl)C(=O)C(C)(C)C. The van der Waals surface area contributed by atoms with Gasteiger partial charge >= 0.3 is 0 Å². The third-order valence-electron chi connectivity index (χ3n) is 4.07. The highest BCUT2D eigenvalue weighted by Crippen LogP contribution is 2.21. The monoisotopic (exact) mass is 362 g/mol. The molecule has 136 valence electrons. The molecule has 2 rings (SSSR count). The highest BCUT2D eigenvalue weighted by atomic mass is 35.5. The molecule has 1 amide bonds. The molecule has 1 heterocycles. The average molecular weight is 363 g/mol. The Morgan fingerprint density at radius 3 is 2.56 bits per heavy atom. The van der Waals surface area contributed by atoms with Crippen LogP contribution in [0, 0.1) is 5.41 Å². The Kier molecular flexibility index (Phi) is 6.68. The molecule has 0 unspecified atom stereocenters. The standard InChI is InChI=1S/C20H27ClN2O2/c1-20(2,3)19(24)23(12-13-25-4)15-17-9-7-11-22(17)14-16-8-5-6-10-18(16)21/h5-11H,12-15H2,1-4H3. The van der Waals surface area contributed by atoms with Crippen LogP contribution in [0.15, 0.2) is 42.6 Å². The number of halogens is 1. The molecule has 0 N–H and O–H groups in total. The number of rotatable bonds is 7. The van der Waals surface area contributed by atoms with Crippen LogP contribution in [0.3, 0.4) is 0 Å². The van der Waals surface area contributed by atoms with E-state index in [0.29, 0.717) is 26.2 Å². The van der Waals surface area contributed by atoms with Crippen molar-refractivity contribution in [1.82, 2.24) is 9.47 Å². The number of carbonyl (C=O) groups excluding carboxylic acids is 1. The summed E-state index contributed by atoms with van der Waals surface area (Å²) >= 11 is 6.28. The Morgan fingerprint density at radius 2 is 1.92 bits per heavy atom. The highest BCUT2D eigenvalue weighted by molar-refractivity contribution is 6.31. The number of methoxy groups -OCH3 is 1. The predicted molar refractivity (Wildman–Crippen MR) is 102 cm³/mol. The maximum atomic E-state index is 12.8. The van der Waals surface area contributed by atoms with Gasteiger partial charge in [0, 0.05) is 42.5 Å². The fourth-order valence-corrected chi connectivity index (χ4v) is 2.88. The number of nitrogens with zero attached hydrogens (tertiary/aromatic N) is 2. The first kappa shape index (κ1) is 19.5. The summed E-state index contributed by atoms with van der Waals surface area (Å²) in [6, 6.07) is 11.9. The third kappa shape index (κ3) is 5.35. The molecular formula is C20H27ClN2O2. The van der Waals surface area contributed by atoms with Crippen LogP contribution in [-0.4, -0.2) is 35.6 Å². The molecule has 0 aliphatic heterocycles. The van der Waals surface area contributed by atoms with Crippen LogP contribution in [0.2, 0.25) is 5.02 Å². The van der Waals surface area contributed by atoms with E-state index in [1.165, 1.54) is 0 Å². The molecule has 0 aliphatic carbocycles. The summed E-state index contributed by atoms with van der Waals surface area (Å²) in [5.41, 5.74) is 1.72. The van der Waals surface area contributed by atoms with E-state index in [1.54, 1.807) is 7.11 Å². The van der Waals surface area contributed by atoms with Crippen LogP contribution in [0.5, 0.6) is 0 Å². The van der Waals surface area contributed by atoms with Crippen LogP contribution in [0.1, 0.15) is 32.0 Å². The summed E-state index contributed by atoms with van der Waals surface area (Å²) in [7, 11) is 1.65. The van der Waals surface area contributed by atoms with Crippen LogP contribution in [0.25, 0.3) is 0 Å². The van der Waals surface area contributed by atoms with Gasteiger partial charge in [0.15, 0.2) is 0 Å². The van der Waals surface area contributed by atoms with Gasteiger partial charge in [-0.1, -0.05) is 50.6 Å². The molecule has 0 spiro atoms. The Labute approximate surface area is 155 Å². The molecule has 5 heteroatoms. The van der Waals surface area contributed by atoms with E-state index >= 15 is 0 Å². The molecule has 0 saturated carbocycles. The van der Waals surface area contributed by atoms with E-state index in [9.17, 15) is 4.79 Å². The number of hydrogen-bond donors (Lipinski definition) is 0. The Morgan fingerprint density at radius 1 is 1.20 bits per heavy atom. The lowest BCUT2D eigenvalue weighted by Crippen LogP contribution is -2.41. The van der Waals surface area contributed by atoms with E-state index in [2.05, 4.69) is 4.57 Å². The van der Waals surface area contributed by atoms with Gasteiger partial charge in [0.25, 0.3) is 0 Å². The van der Waals surface area contributed by atoms with Crippen LogP contribution in [0.4, 0.5) is 0 Å². The van der Waals surface area contributed by atoms with Gasteiger partial charge in [-0.2, -0.15) is 0 Å². The molecule has 2 aromatic rings. The zero-order valence-corrected chi connectivity index (χ0v) is 16.2. The number of ether oxygens (including phenoxy) is 1. The summed E-state index contributed by atoms with van der Waals surface area (Å²) < 4.78 is 7.31. The van der Waals surface area contributed by atoms with Crippen LogP contribution < -0.4 is 0 Å². The average Bonchev–Trinajstić information content (AvgIpc) is 2.99. The molecule has 0 atom stereocenters. The second-order valence-electron chi connectivity index (χ2n) is 7.19. The quantitative estimate of drug-likeness (QED) is 0.739. The maximum Gasteiger partial charge on any atom is 0.228 e. The maximum absolute atomic E-state index is 12.8. The van der Waals surface area contributed by atoms with Crippen molar-refractivity contribution in [3.8, 4) is 0 Å². The summed E-state index contributed by atoms with van der Waals surface area (Å²) in [5, 5.41) is 0.754. The minimum Gasteiger partial charge on any atom is -0.383 e. The van der Waals surface area contributed by atoms with Gasteiger partial charge in [0.2, 0.25) is 5.91 Å². The summed E-state index contributed by atoms with van der Waals surface area (Å²) in [6.07, 6.45) is 2.02. The normalized spacial score (nSPS) is 11.6. The molecule has 25 heavy (non-hydrogen) atoms. The summed E-state index contributed by atoms with van der Waals surface area (Å²) in [4.78, 5) is 14.6. The van der Waals surface area contributed by atoms with Gasteiger partial charge in [-0.3, -0.25) is 4.79 Å². The van der Waals surface area contributed by atoms with Crippen LogP contribution >= 0.6 is 11.6 Å². The molecule has 0 aliphatic rings. The molecule has 0 bridgehead atoms. The van der Waals surface area contributed by atoms with Crippen molar-refractivity contribution in [3.05, 3.63) is 58.9 Å². The third-order valence-corrected chi connectivity index (χ3v) is 4.44. The van der Waals surface area contributed by atoms with E-state index < -0.39 is 5.41 Å². The molecule has 0 radical (unpaired) electrons. The van der Waals surface area contributed by atoms with Crippen molar-refractivity contribution in [2.75, 3.05) is 20.3 Å². The fourth-order valence-electron chi connectivity index (χ4n) is 2.68. The number of carbonyl (C=O) groups is 1. The van der Waals surface area contributed by atoms with Gasteiger partial charge in [0.1, 0.15) is 0 Å². The zero-order valence-electron chi connectivity index (χ0n) is 15.5. The van der Waals surface area contributed by atoms with Crippen molar-refractivity contribution in [1.29, 1.82) is 0 Å². The van der Waals surface area contributed by atoms with E-state index in [1.807, 2.05) is 68.3 Å². The van der Waals surface area contributed by atoms with E-state index in [-0.39, 0.29) is 5.91 Å². The smallest absolute Gasteiger partial charge is 0.228 e.